The molecule has 0 saturated carbocycles. The molecular formula is C28H23N3O5S2. The first-order valence-electron chi connectivity index (χ1n) is 11.7. The maximum Gasteiger partial charge on any atom is 0.337 e. The highest BCUT2D eigenvalue weighted by Crippen LogP contribution is 2.25. The predicted octanol–water partition coefficient (Wildman–Crippen LogP) is 3.61. The summed E-state index contributed by atoms with van der Waals surface area (Å²) in [5, 5.41) is 0. The van der Waals surface area contributed by atoms with Gasteiger partial charge >= 0.3 is 5.97 Å². The van der Waals surface area contributed by atoms with E-state index in [0.717, 1.165) is 21.3 Å². The number of sulfonamides is 1. The van der Waals surface area contributed by atoms with Gasteiger partial charge in [-0.15, -0.1) is 6.42 Å². The second kappa shape index (κ2) is 10.4. The number of terminal acetylenes is 1. The van der Waals surface area contributed by atoms with E-state index in [1.165, 1.54) is 47.0 Å². The lowest BCUT2D eigenvalue weighted by atomic mass is 10.0. The molecule has 0 spiro atoms. The number of thiazole rings is 1. The molecular weight excluding hydrogens is 522 g/mol. The Bertz CT molecular complexity index is 1780. The van der Waals surface area contributed by atoms with E-state index in [0.29, 0.717) is 29.9 Å². The summed E-state index contributed by atoms with van der Waals surface area (Å²) in [5.74, 6) is 1.56. The molecule has 0 bridgehead atoms. The lowest BCUT2D eigenvalue weighted by Crippen LogP contribution is -2.35. The van der Waals surface area contributed by atoms with Crippen LogP contribution in [-0.4, -0.2) is 42.8 Å². The van der Waals surface area contributed by atoms with Crippen LogP contribution in [0.25, 0.3) is 10.2 Å². The number of rotatable bonds is 5. The van der Waals surface area contributed by atoms with Crippen molar-refractivity contribution in [2.24, 2.45) is 4.99 Å². The standard InChI is InChI=1S/C28H23N3O5S2/c1-3-15-31-24-13-10-21(27(33)36-2)17-25(24)37-28(31)29-26(32)20-8-11-23(12-9-20)38(34,35)30-16-14-19-6-4-5-7-22(19)18-30/h1,4-13,17H,14-16,18H2,2H3. The van der Waals surface area contributed by atoms with E-state index in [2.05, 4.69) is 10.9 Å². The van der Waals surface area contributed by atoms with Gasteiger partial charge in [0.2, 0.25) is 10.0 Å². The minimum absolute atomic E-state index is 0.119. The number of ether oxygens (including phenoxy) is 1. The summed E-state index contributed by atoms with van der Waals surface area (Å²) in [7, 11) is -2.41. The summed E-state index contributed by atoms with van der Waals surface area (Å²) in [5.41, 5.74) is 3.51. The van der Waals surface area contributed by atoms with Crippen LogP contribution in [0.4, 0.5) is 0 Å². The minimum Gasteiger partial charge on any atom is -0.465 e. The number of amides is 1. The van der Waals surface area contributed by atoms with Gasteiger partial charge in [0.15, 0.2) is 4.80 Å². The van der Waals surface area contributed by atoms with Crippen LogP contribution in [0.3, 0.4) is 0 Å². The van der Waals surface area contributed by atoms with Gasteiger partial charge in [0.05, 0.1) is 34.3 Å². The normalized spacial score (nSPS) is 14.2. The molecule has 0 saturated heterocycles. The topological polar surface area (TPSA) is 98.0 Å². The summed E-state index contributed by atoms with van der Waals surface area (Å²) in [6.45, 7) is 0.890. The third-order valence-electron chi connectivity index (χ3n) is 6.39. The number of aromatic nitrogens is 1. The molecule has 5 rings (SSSR count). The van der Waals surface area contributed by atoms with E-state index >= 15 is 0 Å². The van der Waals surface area contributed by atoms with Gasteiger partial charge in [-0.1, -0.05) is 41.5 Å². The zero-order valence-corrected chi connectivity index (χ0v) is 22.1. The van der Waals surface area contributed by atoms with Gasteiger partial charge in [0, 0.05) is 18.7 Å². The number of hydrogen-bond acceptors (Lipinski definition) is 6. The molecule has 2 heterocycles. The molecule has 1 amide bonds. The molecule has 0 unspecified atom stereocenters. The number of carbonyl (C=O) groups is 2. The molecule has 0 fully saturated rings. The van der Waals surface area contributed by atoms with Crippen molar-refractivity contribution in [2.45, 2.75) is 24.4 Å². The summed E-state index contributed by atoms with van der Waals surface area (Å²) >= 11 is 1.22. The molecule has 4 aromatic rings. The maximum absolute atomic E-state index is 13.2. The summed E-state index contributed by atoms with van der Waals surface area (Å²) in [4.78, 5) is 29.7. The fourth-order valence-electron chi connectivity index (χ4n) is 4.39. The third kappa shape index (κ3) is 4.79. The molecule has 192 valence electrons. The Kier molecular flexibility index (Phi) is 6.99. The first kappa shape index (κ1) is 25.6. The van der Waals surface area contributed by atoms with Gasteiger partial charge in [0.1, 0.15) is 0 Å². The fraction of sp³-hybridized carbons (Fsp3) is 0.179. The lowest BCUT2D eigenvalue weighted by molar-refractivity contribution is 0.0600. The monoisotopic (exact) mass is 545 g/mol. The van der Waals surface area contributed by atoms with Crippen LogP contribution >= 0.6 is 11.3 Å². The first-order chi connectivity index (χ1) is 18.3. The quantitative estimate of drug-likeness (QED) is 0.282. The van der Waals surface area contributed by atoms with Gasteiger partial charge in [0.25, 0.3) is 5.91 Å². The molecule has 38 heavy (non-hydrogen) atoms. The molecule has 0 atom stereocenters. The van der Waals surface area contributed by atoms with Crippen molar-refractivity contribution in [3.8, 4) is 12.3 Å². The lowest BCUT2D eigenvalue weighted by Gasteiger charge is -2.28. The van der Waals surface area contributed by atoms with Crippen LogP contribution in [-0.2, 0) is 34.3 Å². The van der Waals surface area contributed by atoms with Crippen LogP contribution in [0.15, 0.2) is 76.6 Å². The van der Waals surface area contributed by atoms with E-state index in [4.69, 9.17) is 11.2 Å². The smallest absolute Gasteiger partial charge is 0.337 e. The molecule has 10 heteroatoms. The molecule has 8 nitrogen and oxygen atoms in total. The van der Waals surface area contributed by atoms with Gasteiger partial charge < -0.3 is 9.30 Å². The Hall–Kier alpha value is -4.04. The Morgan fingerprint density at radius 3 is 2.47 bits per heavy atom. The molecule has 0 N–H and O–H groups in total. The van der Waals surface area contributed by atoms with Gasteiger partial charge in [-0.05, 0) is 60.0 Å². The Labute approximate surface area is 223 Å². The molecule has 1 aliphatic heterocycles. The predicted molar refractivity (Wildman–Crippen MR) is 144 cm³/mol. The van der Waals surface area contributed by atoms with Crippen molar-refractivity contribution in [3.63, 3.8) is 0 Å². The van der Waals surface area contributed by atoms with E-state index in [1.54, 1.807) is 22.8 Å². The van der Waals surface area contributed by atoms with Crippen LogP contribution in [0.1, 0.15) is 31.8 Å². The summed E-state index contributed by atoms with van der Waals surface area (Å²) in [6, 6.07) is 18.6. The number of fused-ring (bicyclic) bond motifs is 2. The summed E-state index contributed by atoms with van der Waals surface area (Å²) < 4.78 is 35.2. The number of benzene rings is 3. The highest BCUT2D eigenvalue weighted by Gasteiger charge is 2.28. The molecule has 1 aromatic heterocycles. The highest BCUT2D eigenvalue weighted by atomic mass is 32.2. The van der Waals surface area contributed by atoms with Crippen LogP contribution in [0.2, 0.25) is 0 Å². The third-order valence-corrected chi connectivity index (χ3v) is 9.29. The number of nitrogens with zero attached hydrogens (tertiary/aromatic N) is 3. The van der Waals surface area contributed by atoms with Gasteiger partial charge in [-0.2, -0.15) is 9.30 Å². The fourth-order valence-corrected chi connectivity index (χ4v) is 6.88. The van der Waals surface area contributed by atoms with Gasteiger partial charge in [-0.3, -0.25) is 4.79 Å². The van der Waals surface area contributed by atoms with E-state index < -0.39 is 21.9 Å². The minimum atomic E-state index is -3.72. The number of hydrogen-bond donors (Lipinski definition) is 0. The molecule has 0 aliphatic carbocycles. The van der Waals surface area contributed by atoms with Crippen LogP contribution in [0.5, 0.6) is 0 Å². The van der Waals surface area contributed by atoms with Gasteiger partial charge in [-0.25, -0.2) is 13.2 Å². The molecule has 1 aliphatic rings. The Morgan fingerprint density at radius 2 is 1.76 bits per heavy atom. The number of carbonyl (C=O) groups excluding carboxylic acids is 2. The number of methoxy groups -OCH3 is 1. The van der Waals surface area contributed by atoms with Crippen molar-refractivity contribution < 1.29 is 22.7 Å². The molecule has 3 aromatic carbocycles. The largest absolute Gasteiger partial charge is 0.465 e. The number of esters is 1. The van der Waals surface area contributed by atoms with E-state index in [9.17, 15) is 18.0 Å². The van der Waals surface area contributed by atoms with Crippen molar-refractivity contribution in [1.29, 1.82) is 0 Å². The van der Waals surface area contributed by atoms with Crippen molar-refractivity contribution >= 4 is 43.5 Å². The second-order valence-corrected chi connectivity index (χ2v) is 11.6. The van der Waals surface area contributed by atoms with Crippen LogP contribution < -0.4 is 4.80 Å². The van der Waals surface area contributed by atoms with Crippen molar-refractivity contribution in [1.82, 2.24) is 8.87 Å². The van der Waals surface area contributed by atoms with Crippen LogP contribution in [0, 0.1) is 12.3 Å². The Morgan fingerprint density at radius 1 is 1.05 bits per heavy atom. The zero-order chi connectivity index (χ0) is 26.9. The average molecular weight is 546 g/mol. The second-order valence-electron chi connectivity index (χ2n) is 8.65. The SMILES string of the molecule is C#CCn1c(=NC(=O)c2ccc(S(=O)(=O)N3CCc4ccccc4C3)cc2)sc2cc(C(=O)OC)ccc21. The van der Waals surface area contributed by atoms with Crippen molar-refractivity contribution in [2.75, 3.05) is 13.7 Å². The zero-order valence-electron chi connectivity index (χ0n) is 20.5. The molecule has 0 radical (unpaired) electrons. The highest BCUT2D eigenvalue weighted by molar-refractivity contribution is 7.89. The summed E-state index contributed by atoms with van der Waals surface area (Å²) in [6.07, 6.45) is 6.19. The Balaban J connectivity index is 1.43. The average Bonchev–Trinajstić information content (AvgIpc) is 3.28. The van der Waals surface area contributed by atoms with E-state index in [1.807, 2.05) is 24.3 Å². The van der Waals surface area contributed by atoms with E-state index in [-0.39, 0.29) is 17.0 Å². The maximum atomic E-state index is 13.2. The first-order valence-corrected chi connectivity index (χ1v) is 14.0. The van der Waals surface area contributed by atoms with Crippen molar-refractivity contribution in [3.05, 3.63) is 93.8 Å².